The van der Waals surface area contributed by atoms with Gasteiger partial charge in [-0.1, -0.05) is 38.5 Å². The topological polar surface area (TPSA) is 93.1 Å². The van der Waals surface area contributed by atoms with Crippen molar-refractivity contribution >= 4 is 11.9 Å². The standard InChI is InChI=1S/C18H34O6/c19-13-9-11-17(21)23-15-7-5-3-1-2-4-6-8-16-24-18(22)12-10-14-20/h19-20H,1-16H2. The van der Waals surface area contributed by atoms with E-state index in [1.165, 1.54) is 12.8 Å². The first-order valence-electron chi connectivity index (χ1n) is 9.23. The van der Waals surface area contributed by atoms with E-state index < -0.39 is 0 Å². The van der Waals surface area contributed by atoms with E-state index in [0.29, 0.717) is 38.9 Å². The van der Waals surface area contributed by atoms with Gasteiger partial charge < -0.3 is 19.7 Å². The Morgan fingerprint density at radius 3 is 1.21 bits per heavy atom. The molecule has 0 heterocycles. The summed E-state index contributed by atoms with van der Waals surface area (Å²) in [5.74, 6) is -0.442. The molecule has 0 aromatic carbocycles. The van der Waals surface area contributed by atoms with Gasteiger partial charge in [-0.2, -0.15) is 0 Å². The van der Waals surface area contributed by atoms with Crippen LogP contribution in [0.3, 0.4) is 0 Å². The fourth-order valence-corrected chi connectivity index (χ4v) is 2.23. The van der Waals surface area contributed by atoms with Crippen molar-refractivity contribution in [1.29, 1.82) is 0 Å². The van der Waals surface area contributed by atoms with Gasteiger partial charge in [0.1, 0.15) is 0 Å². The summed E-state index contributed by atoms with van der Waals surface area (Å²) in [6.07, 6.45) is 10.1. The Labute approximate surface area is 145 Å². The number of hydrogen-bond donors (Lipinski definition) is 2. The van der Waals surface area contributed by atoms with E-state index in [0.717, 1.165) is 38.5 Å². The average molecular weight is 346 g/mol. The first kappa shape index (κ1) is 22.9. The summed E-state index contributed by atoms with van der Waals surface area (Å²) in [5, 5.41) is 17.2. The van der Waals surface area contributed by atoms with E-state index in [-0.39, 0.29) is 25.2 Å². The lowest BCUT2D eigenvalue weighted by molar-refractivity contribution is -0.145. The van der Waals surface area contributed by atoms with Gasteiger partial charge in [0, 0.05) is 26.1 Å². The van der Waals surface area contributed by atoms with Crippen LogP contribution in [-0.4, -0.2) is 48.6 Å². The van der Waals surface area contributed by atoms with E-state index >= 15 is 0 Å². The number of hydrogen-bond acceptors (Lipinski definition) is 6. The van der Waals surface area contributed by atoms with Gasteiger partial charge in [-0.15, -0.1) is 0 Å². The van der Waals surface area contributed by atoms with Gasteiger partial charge in [0.25, 0.3) is 0 Å². The summed E-state index contributed by atoms with van der Waals surface area (Å²) in [6, 6.07) is 0. The minimum absolute atomic E-state index is 0.0290. The van der Waals surface area contributed by atoms with Crippen LogP contribution in [0, 0.1) is 0 Å². The van der Waals surface area contributed by atoms with Gasteiger partial charge in [0.15, 0.2) is 0 Å². The number of carbonyl (C=O) groups is 2. The molecular weight excluding hydrogens is 312 g/mol. The Morgan fingerprint density at radius 2 is 0.875 bits per heavy atom. The first-order chi connectivity index (χ1) is 11.7. The highest BCUT2D eigenvalue weighted by Gasteiger charge is 2.02. The molecule has 2 N–H and O–H groups in total. The third-order valence-corrected chi connectivity index (χ3v) is 3.64. The van der Waals surface area contributed by atoms with Crippen LogP contribution in [0.2, 0.25) is 0 Å². The summed E-state index contributed by atoms with van der Waals surface area (Å²) in [6.45, 7) is 1.01. The zero-order chi connectivity index (χ0) is 17.9. The number of aliphatic hydroxyl groups is 2. The van der Waals surface area contributed by atoms with Gasteiger partial charge in [-0.3, -0.25) is 9.59 Å². The number of ether oxygens (including phenoxy) is 2. The number of unbranched alkanes of at least 4 members (excludes halogenated alkanes) is 7. The normalized spacial score (nSPS) is 10.6. The Hall–Kier alpha value is -1.14. The molecule has 0 amide bonds. The van der Waals surface area contributed by atoms with E-state index in [1.807, 2.05) is 0 Å². The molecule has 24 heavy (non-hydrogen) atoms. The van der Waals surface area contributed by atoms with Gasteiger partial charge in [0.2, 0.25) is 0 Å². The molecule has 0 bridgehead atoms. The van der Waals surface area contributed by atoms with Crippen LogP contribution in [-0.2, 0) is 19.1 Å². The predicted molar refractivity (Wildman–Crippen MR) is 91.5 cm³/mol. The minimum Gasteiger partial charge on any atom is -0.466 e. The van der Waals surface area contributed by atoms with Gasteiger partial charge in [0.05, 0.1) is 13.2 Å². The van der Waals surface area contributed by atoms with E-state index in [2.05, 4.69) is 0 Å². The van der Waals surface area contributed by atoms with E-state index in [4.69, 9.17) is 19.7 Å². The fraction of sp³-hybridized carbons (Fsp3) is 0.889. The monoisotopic (exact) mass is 346 g/mol. The highest BCUT2D eigenvalue weighted by molar-refractivity contribution is 5.69. The Balaban J connectivity index is 3.15. The van der Waals surface area contributed by atoms with E-state index in [9.17, 15) is 9.59 Å². The summed E-state index contributed by atoms with van der Waals surface area (Å²) >= 11 is 0. The molecule has 0 rings (SSSR count). The second-order valence-corrected chi connectivity index (χ2v) is 5.92. The number of rotatable bonds is 17. The molecule has 0 atom stereocenters. The van der Waals surface area contributed by atoms with Crippen LogP contribution in [0.5, 0.6) is 0 Å². The molecule has 0 unspecified atom stereocenters. The van der Waals surface area contributed by atoms with Crippen LogP contribution < -0.4 is 0 Å². The maximum atomic E-state index is 11.2. The number of esters is 2. The molecule has 0 spiro atoms. The lowest BCUT2D eigenvalue weighted by Crippen LogP contribution is -2.06. The molecule has 0 aliphatic heterocycles. The molecule has 6 heteroatoms. The molecule has 0 aliphatic carbocycles. The predicted octanol–water partition coefficient (Wildman–Crippen LogP) is 2.74. The molecule has 142 valence electrons. The Bertz CT molecular complexity index is 276. The first-order valence-corrected chi connectivity index (χ1v) is 9.23. The summed E-state index contributed by atoms with van der Waals surface area (Å²) in [7, 11) is 0. The van der Waals surface area contributed by atoms with Crippen molar-refractivity contribution in [3.05, 3.63) is 0 Å². The third kappa shape index (κ3) is 17.2. The van der Waals surface area contributed by atoms with Crippen molar-refractivity contribution in [2.45, 2.75) is 77.0 Å². The lowest BCUT2D eigenvalue weighted by atomic mass is 10.1. The number of carbonyl (C=O) groups excluding carboxylic acids is 2. The van der Waals surface area contributed by atoms with Crippen LogP contribution in [0.15, 0.2) is 0 Å². The van der Waals surface area contributed by atoms with Gasteiger partial charge >= 0.3 is 11.9 Å². The highest BCUT2D eigenvalue weighted by atomic mass is 16.5. The largest absolute Gasteiger partial charge is 0.466 e. The molecule has 0 aromatic heterocycles. The van der Waals surface area contributed by atoms with Crippen molar-refractivity contribution in [2.75, 3.05) is 26.4 Å². The smallest absolute Gasteiger partial charge is 0.305 e. The van der Waals surface area contributed by atoms with Crippen molar-refractivity contribution < 1.29 is 29.3 Å². The molecule has 0 saturated heterocycles. The maximum absolute atomic E-state index is 11.2. The molecular formula is C18H34O6. The van der Waals surface area contributed by atoms with Gasteiger partial charge in [-0.05, 0) is 25.7 Å². The van der Waals surface area contributed by atoms with Crippen molar-refractivity contribution in [3.63, 3.8) is 0 Å². The van der Waals surface area contributed by atoms with Crippen LogP contribution in [0.4, 0.5) is 0 Å². The molecule has 0 saturated carbocycles. The van der Waals surface area contributed by atoms with Gasteiger partial charge in [-0.25, -0.2) is 0 Å². The van der Waals surface area contributed by atoms with Crippen LogP contribution in [0.1, 0.15) is 77.0 Å². The lowest BCUT2D eigenvalue weighted by Gasteiger charge is -2.05. The fourth-order valence-electron chi connectivity index (χ4n) is 2.23. The summed E-state index contributed by atoms with van der Waals surface area (Å²) in [5.41, 5.74) is 0. The van der Waals surface area contributed by atoms with Crippen molar-refractivity contribution in [3.8, 4) is 0 Å². The Morgan fingerprint density at radius 1 is 0.542 bits per heavy atom. The van der Waals surface area contributed by atoms with Crippen LogP contribution >= 0.6 is 0 Å². The Kier molecular flexibility index (Phi) is 17.3. The maximum Gasteiger partial charge on any atom is 0.305 e. The van der Waals surface area contributed by atoms with Crippen LogP contribution in [0.25, 0.3) is 0 Å². The molecule has 0 fully saturated rings. The molecule has 0 radical (unpaired) electrons. The highest BCUT2D eigenvalue weighted by Crippen LogP contribution is 2.09. The molecule has 6 nitrogen and oxygen atoms in total. The molecule has 0 aromatic rings. The number of aliphatic hydroxyl groups excluding tert-OH is 2. The van der Waals surface area contributed by atoms with Crippen molar-refractivity contribution in [1.82, 2.24) is 0 Å². The zero-order valence-corrected chi connectivity index (χ0v) is 14.8. The van der Waals surface area contributed by atoms with E-state index in [1.54, 1.807) is 0 Å². The molecule has 0 aliphatic rings. The summed E-state index contributed by atoms with van der Waals surface area (Å²) in [4.78, 5) is 22.4. The quantitative estimate of drug-likeness (QED) is 0.311. The second kappa shape index (κ2) is 18.2. The minimum atomic E-state index is -0.221. The second-order valence-electron chi connectivity index (χ2n) is 5.92. The zero-order valence-electron chi connectivity index (χ0n) is 14.8. The SMILES string of the molecule is O=C(CCCO)OCCCCCCCCCCOC(=O)CCCO. The van der Waals surface area contributed by atoms with Crippen molar-refractivity contribution in [2.24, 2.45) is 0 Å². The average Bonchev–Trinajstić information content (AvgIpc) is 2.58. The third-order valence-electron chi connectivity index (χ3n) is 3.64. The summed E-state index contributed by atoms with van der Waals surface area (Å²) < 4.78 is 10.1.